The molecule has 0 aliphatic carbocycles. The molecule has 0 radical (unpaired) electrons. The number of nitrogens with two attached hydrogens (primary N) is 1. The highest BCUT2D eigenvalue weighted by atomic mass is 16.5. The van der Waals surface area contributed by atoms with E-state index in [1.54, 1.807) is 7.11 Å². The van der Waals surface area contributed by atoms with Crippen LogP contribution in [-0.2, 0) is 4.74 Å². The molecular weight excluding hydrogens is 228 g/mol. The minimum Gasteiger partial charge on any atom is -0.383 e. The highest BCUT2D eigenvalue weighted by molar-refractivity contribution is 5.78. The van der Waals surface area contributed by atoms with Crippen LogP contribution in [-0.4, -0.2) is 69.2 Å². The molecular formula is C13H28N4O. The Hall–Kier alpha value is -0.810. The Morgan fingerprint density at radius 2 is 1.89 bits per heavy atom. The van der Waals surface area contributed by atoms with E-state index >= 15 is 0 Å². The topological polar surface area (TPSA) is 54.1 Å². The normalized spacial score (nSPS) is 18.2. The summed E-state index contributed by atoms with van der Waals surface area (Å²) in [6.07, 6.45) is 5.13. The van der Waals surface area contributed by atoms with Gasteiger partial charge in [0.1, 0.15) is 0 Å². The largest absolute Gasteiger partial charge is 0.383 e. The van der Waals surface area contributed by atoms with Crippen molar-refractivity contribution in [2.45, 2.75) is 25.7 Å². The predicted molar refractivity (Wildman–Crippen MR) is 75.9 cm³/mol. The van der Waals surface area contributed by atoms with E-state index in [0.717, 1.165) is 45.3 Å². The molecule has 0 amide bonds. The summed E-state index contributed by atoms with van der Waals surface area (Å²) in [7, 11) is 3.81. The SMILES string of the molecule is COCCN(C)CCN=C(N)N1CCCCCC1. The van der Waals surface area contributed by atoms with Crippen LogP contribution < -0.4 is 5.73 Å². The Labute approximate surface area is 111 Å². The van der Waals surface area contributed by atoms with Gasteiger partial charge in [0, 0.05) is 33.3 Å². The van der Waals surface area contributed by atoms with Crippen LogP contribution >= 0.6 is 0 Å². The van der Waals surface area contributed by atoms with Gasteiger partial charge in [0.05, 0.1) is 13.2 Å². The first-order chi connectivity index (χ1) is 8.74. The number of hydrogen-bond acceptors (Lipinski definition) is 3. The maximum atomic E-state index is 6.04. The molecule has 2 N–H and O–H groups in total. The summed E-state index contributed by atoms with van der Waals surface area (Å²) in [4.78, 5) is 8.91. The minimum atomic E-state index is 0.719. The second kappa shape index (κ2) is 9.16. The molecule has 1 rings (SSSR count). The highest BCUT2D eigenvalue weighted by Crippen LogP contribution is 2.08. The van der Waals surface area contributed by atoms with E-state index in [-0.39, 0.29) is 0 Å². The second-order valence-electron chi connectivity index (χ2n) is 4.94. The standard InChI is InChI=1S/C13H28N4O/c1-16(11-12-18-2)10-7-15-13(14)17-8-5-3-4-6-9-17/h3-12H2,1-2H3,(H2,14,15). The lowest BCUT2D eigenvalue weighted by Crippen LogP contribution is -2.38. The number of methoxy groups -OCH3 is 1. The molecule has 0 saturated carbocycles. The monoisotopic (exact) mass is 256 g/mol. The van der Waals surface area contributed by atoms with Gasteiger partial charge in [-0.15, -0.1) is 0 Å². The van der Waals surface area contributed by atoms with Crippen LogP contribution in [0.3, 0.4) is 0 Å². The molecule has 1 saturated heterocycles. The van der Waals surface area contributed by atoms with E-state index in [9.17, 15) is 0 Å². The maximum absolute atomic E-state index is 6.04. The molecule has 0 aromatic carbocycles. The molecule has 0 spiro atoms. The van der Waals surface area contributed by atoms with Crippen LogP contribution in [0, 0.1) is 0 Å². The zero-order valence-electron chi connectivity index (χ0n) is 11.9. The summed E-state index contributed by atoms with van der Waals surface area (Å²) < 4.78 is 5.04. The van der Waals surface area contributed by atoms with Crippen LogP contribution in [0.2, 0.25) is 0 Å². The number of hydrogen-bond donors (Lipinski definition) is 1. The molecule has 5 heteroatoms. The molecule has 1 heterocycles. The Morgan fingerprint density at radius 3 is 2.50 bits per heavy atom. The van der Waals surface area contributed by atoms with Gasteiger partial charge in [0.25, 0.3) is 0 Å². The lowest BCUT2D eigenvalue weighted by atomic mass is 10.2. The van der Waals surface area contributed by atoms with Crippen molar-refractivity contribution in [2.75, 3.05) is 53.5 Å². The van der Waals surface area contributed by atoms with Crippen molar-refractivity contribution in [3.05, 3.63) is 0 Å². The van der Waals surface area contributed by atoms with Crippen molar-refractivity contribution in [2.24, 2.45) is 10.7 Å². The lowest BCUT2D eigenvalue weighted by molar-refractivity contribution is 0.163. The van der Waals surface area contributed by atoms with Gasteiger partial charge < -0.3 is 20.3 Å². The number of likely N-dealkylation sites (N-methyl/N-ethyl adjacent to an activating group) is 1. The Kier molecular flexibility index (Phi) is 7.76. The fourth-order valence-corrected chi connectivity index (χ4v) is 2.09. The molecule has 106 valence electrons. The molecule has 0 unspecified atom stereocenters. The van der Waals surface area contributed by atoms with Crippen LogP contribution in [0.4, 0.5) is 0 Å². The molecule has 1 aliphatic rings. The van der Waals surface area contributed by atoms with Crippen molar-refractivity contribution < 1.29 is 4.74 Å². The zero-order valence-corrected chi connectivity index (χ0v) is 11.9. The summed E-state index contributed by atoms with van der Waals surface area (Å²) >= 11 is 0. The number of guanidine groups is 1. The van der Waals surface area contributed by atoms with Crippen molar-refractivity contribution >= 4 is 5.96 Å². The van der Waals surface area contributed by atoms with Gasteiger partial charge in [-0.1, -0.05) is 12.8 Å². The third-order valence-corrected chi connectivity index (χ3v) is 3.36. The van der Waals surface area contributed by atoms with Crippen LogP contribution in [0.25, 0.3) is 0 Å². The summed E-state index contributed by atoms with van der Waals surface area (Å²) in [5.74, 6) is 0.719. The van der Waals surface area contributed by atoms with Crippen molar-refractivity contribution in [3.8, 4) is 0 Å². The average Bonchev–Trinajstić information content (AvgIpc) is 2.65. The molecule has 0 bridgehead atoms. The van der Waals surface area contributed by atoms with Gasteiger partial charge >= 0.3 is 0 Å². The number of likely N-dealkylation sites (tertiary alicyclic amines) is 1. The number of nitrogens with zero attached hydrogens (tertiary/aromatic N) is 3. The first-order valence-electron chi connectivity index (χ1n) is 6.96. The Morgan fingerprint density at radius 1 is 1.22 bits per heavy atom. The predicted octanol–water partition coefficient (Wildman–Crippen LogP) is 0.755. The first kappa shape index (κ1) is 15.2. The van der Waals surface area contributed by atoms with Crippen molar-refractivity contribution in [3.63, 3.8) is 0 Å². The molecule has 1 aliphatic heterocycles. The highest BCUT2D eigenvalue weighted by Gasteiger charge is 2.10. The van der Waals surface area contributed by atoms with Gasteiger partial charge in [-0.05, 0) is 19.9 Å². The van der Waals surface area contributed by atoms with E-state index in [0.29, 0.717) is 0 Å². The fraction of sp³-hybridized carbons (Fsp3) is 0.923. The molecule has 0 aromatic rings. The third kappa shape index (κ3) is 6.21. The lowest BCUT2D eigenvalue weighted by Gasteiger charge is -2.21. The average molecular weight is 256 g/mol. The van der Waals surface area contributed by atoms with Crippen LogP contribution in [0.15, 0.2) is 4.99 Å². The zero-order chi connectivity index (χ0) is 13.2. The third-order valence-electron chi connectivity index (χ3n) is 3.36. The van der Waals surface area contributed by atoms with Crippen LogP contribution in [0.5, 0.6) is 0 Å². The van der Waals surface area contributed by atoms with E-state index in [1.807, 2.05) is 0 Å². The van der Waals surface area contributed by atoms with Gasteiger partial charge in [0.15, 0.2) is 5.96 Å². The quantitative estimate of drug-likeness (QED) is 0.563. The van der Waals surface area contributed by atoms with Gasteiger partial charge in [0.2, 0.25) is 0 Å². The number of aliphatic imine (C=N–C) groups is 1. The van der Waals surface area contributed by atoms with E-state index in [1.165, 1.54) is 25.7 Å². The van der Waals surface area contributed by atoms with Gasteiger partial charge in [-0.3, -0.25) is 4.99 Å². The molecule has 18 heavy (non-hydrogen) atoms. The summed E-state index contributed by atoms with van der Waals surface area (Å²) in [5.41, 5.74) is 6.04. The van der Waals surface area contributed by atoms with Crippen LogP contribution in [0.1, 0.15) is 25.7 Å². The number of ether oxygens (including phenoxy) is 1. The Bertz CT molecular complexity index is 237. The summed E-state index contributed by atoms with van der Waals surface area (Å²) in [6.45, 7) is 5.53. The van der Waals surface area contributed by atoms with E-state index in [2.05, 4.69) is 21.8 Å². The molecule has 5 nitrogen and oxygen atoms in total. The van der Waals surface area contributed by atoms with Gasteiger partial charge in [-0.25, -0.2) is 0 Å². The molecule has 1 fully saturated rings. The molecule has 0 aromatic heterocycles. The Balaban J connectivity index is 2.23. The minimum absolute atomic E-state index is 0.719. The second-order valence-corrected chi connectivity index (χ2v) is 4.94. The number of rotatable bonds is 6. The van der Waals surface area contributed by atoms with E-state index < -0.39 is 0 Å². The van der Waals surface area contributed by atoms with Gasteiger partial charge in [-0.2, -0.15) is 0 Å². The van der Waals surface area contributed by atoms with Crippen molar-refractivity contribution in [1.82, 2.24) is 9.80 Å². The smallest absolute Gasteiger partial charge is 0.191 e. The summed E-state index contributed by atoms with van der Waals surface area (Å²) in [5, 5.41) is 0. The summed E-state index contributed by atoms with van der Waals surface area (Å²) in [6, 6.07) is 0. The first-order valence-corrected chi connectivity index (χ1v) is 6.96. The molecule has 0 atom stereocenters. The van der Waals surface area contributed by atoms with E-state index in [4.69, 9.17) is 10.5 Å². The fourth-order valence-electron chi connectivity index (χ4n) is 2.09. The maximum Gasteiger partial charge on any atom is 0.191 e. The van der Waals surface area contributed by atoms with Crippen molar-refractivity contribution in [1.29, 1.82) is 0 Å².